The van der Waals surface area contributed by atoms with E-state index >= 15 is 0 Å². The van der Waals surface area contributed by atoms with Gasteiger partial charge in [-0.2, -0.15) is 4.98 Å². The van der Waals surface area contributed by atoms with Crippen LogP contribution in [0.4, 0.5) is 5.82 Å². The number of nitrogens with one attached hydrogen (secondary N) is 1. The summed E-state index contributed by atoms with van der Waals surface area (Å²) in [6.45, 7) is 0. The fraction of sp³-hybridized carbons (Fsp3) is 0. The Bertz CT molecular complexity index is 580. The van der Waals surface area contributed by atoms with E-state index in [-0.39, 0.29) is 5.88 Å². The summed E-state index contributed by atoms with van der Waals surface area (Å²) >= 11 is 15.2. The van der Waals surface area contributed by atoms with Crippen LogP contribution in [0.15, 0.2) is 34.8 Å². The number of nitrogens with zero attached hydrogens (tertiary/aromatic N) is 1. The number of anilines is 1. The predicted octanol–water partition coefficient (Wildman–Crippen LogP) is 4.23. The largest absolute Gasteiger partial charge is 0.437 e. The van der Waals surface area contributed by atoms with Gasteiger partial charge in [0.1, 0.15) is 10.8 Å². The van der Waals surface area contributed by atoms with Crippen LogP contribution < -0.4 is 16.0 Å². The molecular formula is C11H8BrCl2N3O. The summed E-state index contributed by atoms with van der Waals surface area (Å²) in [6, 6.07) is 8.82. The molecule has 2 aromatic rings. The molecule has 94 valence electrons. The first-order valence-corrected chi connectivity index (χ1v) is 6.41. The van der Waals surface area contributed by atoms with Crippen molar-refractivity contribution in [2.45, 2.75) is 0 Å². The maximum absolute atomic E-state index is 6.00. The van der Waals surface area contributed by atoms with Crippen molar-refractivity contribution in [2.24, 2.45) is 5.84 Å². The van der Waals surface area contributed by atoms with Crippen LogP contribution in [0.5, 0.6) is 11.6 Å². The highest BCUT2D eigenvalue weighted by Gasteiger charge is 2.10. The standard InChI is InChI=1S/C11H8BrCl2N3O/c12-6-2-1-3-7(4-6)18-11-9(14)5-8(13)10(16-11)17-15/h1-5H,15H2,(H,16,17). The lowest BCUT2D eigenvalue weighted by molar-refractivity contribution is 0.463. The molecule has 0 atom stereocenters. The Balaban J connectivity index is 2.34. The van der Waals surface area contributed by atoms with Crippen LogP contribution in [-0.4, -0.2) is 4.98 Å². The van der Waals surface area contributed by atoms with Gasteiger partial charge in [-0.1, -0.05) is 45.2 Å². The van der Waals surface area contributed by atoms with Crippen LogP contribution in [0, 0.1) is 0 Å². The molecule has 1 aromatic carbocycles. The number of ether oxygens (including phenoxy) is 1. The van der Waals surface area contributed by atoms with Crippen LogP contribution in [0.25, 0.3) is 0 Å². The quantitative estimate of drug-likeness (QED) is 0.643. The number of hydrogen-bond donors (Lipinski definition) is 2. The zero-order chi connectivity index (χ0) is 13.1. The van der Waals surface area contributed by atoms with E-state index in [1.165, 1.54) is 6.07 Å². The number of nitrogens with two attached hydrogens (primary N) is 1. The molecule has 0 radical (unpaired) electrons. The molecule has 3 N–H and O–H groups in total. The summed E-state index contributed by atoms with van der Waals surface area (Å²) in [5.41, 5.74) is 2.37. The highest BCUT2D eigenvalue weighted by atomic mass is 79.9. The molecule has 0 aliphatic heterocycles. The molecule has 0 saturated carbocycles. The highest BCUT2D eigenvalue weighted by Crippen LogP contribution is 2.33. The monoisotopic (exact) mass is 347 g/mol. The SMILES string of the molecule is NNc1nc(Oc2cccc(Br)c2)c(Cl)cc1Cl. The third kappa shape index (κ3) is 3.05. The number of pyridine rings is 1. The fourth-order valence-corrected chi connectivity index (χ4v) is 2.09. The second kappa shape index (κ2) is 5.75. The minimum absolute atomic E-state index is 0.229. The van der Waals surface area contributed by atoms with Crippen molar-refractivity contribution < 1.29 is 4.74 Å². The summed E-state index contributed by atoms with van der Waals surface area (Å²) in [4.78, 5) is 4.08. The summed E-state index contributed by atoms with van der Waals surface area (Å²) in [7, 11) is 0. The van der Waals surface area contributed by atoms with Gasteiger partial charge in [0.05, 0.1) is 5.02 Å². The highest BCUT2D eigenvalue weighted by molar-refractivity contribution is 9.10. The third-order valence-corrected chi connectivity index (χ3v) is 3.10. The summed E-state index contributed by atoms with van der Waals surface area (Å²) in [6.07, 6.45) is 0. The number of benzene rings is 1. The molecule has 1 heterocycles. The topological polar surface area (TPSA) is 60.2 Å². The Morgan fingerprint density at radius 2 is 2.00 bits per heavy atom. The maximum Gasteiger partial charge on any atom is 0.240 e. The third-order valence-electron chi connectivity index (χ3n) is 2.04. The summed E-state index contributed by atoms with van der Waals surface area (Å²) in [5, 5.41) is 0.628. The zero-order valence-corrected chi connectivity index (χ0v) is 12.1. The van der Waals surface area contributed by atoms with E-state index in [0.717, 1.165) is 4.47 Å². The minimum atomic E-state index is 0.229. The van der Waals surface area contributed by atoms with Crippen LogP contribution in [0.2, 0.25) is 10.0 Å². The van der Waals surface area contributed by atoms with Gasteiger partial charge < -0.3 is 10.2 Å². The van der Waals surface area contributed by atoms with E-state index in [1.54, 1.807) is 12.1 Å². The molecule has 0 amide bonds. The van der Waals surface area contributed by atoms with Crippen molar-refractivity contribution in [3.8, 4) is 11.6 Å². The molecule has 18 heavy (non-hydrogen) atoms. The van der Waals surface area contributed by atoms with Gasteiger partial charge >= 0.3 is 0 Å². The van der Waals surface area contributed by atoms with E-state index in [2.05, 4.69) is 26.3 Å². The van der Waals surface area contributed by atoms with E-state index in [0.29, 0.717) is 21.6 Å². The zero-order valence-electron chi connectivity index (χ0n) is 8.95. The first kappa shape index (κ1) is 13.4. The van der Waals surface area contributed by atoms with Crippen molar-refractivity contribution in [3.63, 3.8) is 0 Å². The Labute approximate surface area is 122 Å². The van der Waals surface area contributed by atoms with E-state index < -0.39 is 0 Å². The molecule has 0 fully saturated rings. The summed E-state index contributed by atoms with van der Waals surface area (Å²) in [5.74, 6) is 6.41. The molecule has 0 aliphatic rings. The number of halogens is 3. The van der Waals surface area contributed by atoms with Gasteiger partial charge in [0.25, 0.3) is 0 Å². The van der Waals surface area contributed by atoms with Crippen molar-refractivity contribution in [3.05, 3.63) is 44.8 Å². The van der Waals surface area contributed by atoms with Gasteiger partial charge in [-0.05, 0) is 24.3 Å². The van der Waals surface area contributed by atoms with Gasteiger partial charge in [0.15, 0.2) is 5.82 Å². The van der Waals surface area contributed by atoms with E-state index in [1.807, 2.05) is 12.1 Å². The van der Waals surface area contributed by atoms with Crippen LogP contribution >= 0.6 is 39.1 Å². The Hall–Kier alpha value is -1.01. The Kier molecular flexibility index (Phi) is 4.29. The predicted molar refractivity (Wildman–Crippen MR) is 76.3 cm³/mol. The van der Waals surface area contributed by atoms with Crippen LogP contribution in [-0.2, 0) is 0 Å². The average molecular weight is 349 g/mol. The average Bonchev–Trinajstić information content (AvgIpc) is 2.33. The van der Waals surface area contributed by atoms with Crippen molar-refractivity contribution in [2.75, 3.05) is 5.43 Å². The van der Waals surface area contributed by atoms with Gasteiger partial charge in [-0.15, -0.1) is 0 Å². The molecule has 0 spiro atoms. The Morgan fingerprint density at radius 1 is 1.22 bits per heavy atom. The van der Waals surface area contributed by atoms with E-state index in [4.69, 9.17) is 33.8 Å². The van der Waals surface area contributed by atoms with Gasteiger partial charge in [-0.3, -0.25) is 0 Å². The first-order valence-electron chi connectivity index (χ1n) is 4.86. The number of hydrogen-bond acceptors (Lipinski definition) is 4. The van der Waals surface area contributed by atoms with Crippen molar-refractivity contribution in [1.82, 2.24) is 4.98 Å². The van der Waals surface area contributed by atoms with Crippen LogP contribution in [0.3, 0.4) is 0 Å². The lowest BCUT2D eigenvalue weighted by Gasteiger charge is -2.09. The maximum atomic E-state index is 6.00. The molecule has 0 unspecified atom stereocenters. The van der Waals surface area contributed by atoms with Crippen molar-refractivity contribution in [1.29, 1.82) is 0 Å². The number of nitrogen functional groups attached to an aromatic ring is 1. The lowest BCUT2D eigenvalue weighted by atomic mass is 10.3. The molecule has 0 bridgehead atoms. The fourth-order valence-electron chi connectivity index (χ4n) is 1.26. The molecule has 0 aliphatic carbocycles. The molecular weight excluding hydrogens is 341 g/mol. The van der Waals surface area contributed by atoms with Gasteiger partial charge in [0.2, 0.25) is 5.88 Å². The normalized spacial score (nSPS) is 10.2. The molecule has 4 nitrogen and oxygen atoms in total. The Morgan fingerprint density at radius 3 is 2.67 bits per heavy atom. The first-order chi connectivity index (χ1) is 8.60. The van der Waals surface area contributed by atoms with E-state index in [9.17, 15) is 0 Å². The van der Waals surface area contributed by atoms with Crippen LogP contribution in [0.1, 0.15) is 0 Å². The van der Waals surface area contributed by atoms with Gasteiger partial charge in [0, 0.05) is 4.47 Å². The second-order valence-electron chi connectivity index (χ2n) is 3.31. The minimum Gasteiger partial charge on any atom is -0.437 e. The van der Waals surface area contributed by atoms with Gasteiger partial charge in [-0.25, -0.2) is 5.84 Å². The molecule has 2 rings (SSSR count). The molecule has 0 saturated heterocycles. The number of rotatable bonds is 3. The molecule has 7 heteroatoms. The van der Waals surface area contributed by atoms with Crippen molar-refractivity contribution >= 4 is 44.9 Å². The smallest absolute Gasteiger partial charge is 0.240 e. The molecule has 1 aromatic heterocycles. The lowest BCUT2D eigenvalue weighted by Crippen LogP contribution is -2.09. The summed E-state index contributed by atoms with van der Waals surface area (Å²) < 4.78 is 6.45. The number of aromatic nitrogens is 1. The second-order valence-corrected chi connectivity index (χ2v) is 5.04. The number of hydrazine groups is 1.